The highest BCUT2D eigenvalue weighted by Crippen LogP contribution is 2.33. The van der Waals surface area contributed by atoms with Crippen LogP contribution in [-0.4, -0.2) is 41.8 Å². The fourth-order valence-corrected chi connectivity index (χ4v) is 4.25. The average Bonchev–Trinajstić information content (AvgIpc) is 3.24. The molecule has 0 aromatic heterocycles. The van der Waals surface area contributed by atoms with Gasteiger partial charge in [0.2, 0.25) is 5.91 Å². The molecule has 4 rings (SSSR count). The highest BCUT2D eigenvalue weighted by atomic mass is 16.2. The minimum absolute atomic E-state index is 0.0522. The molecule has 6 nitrogen and oxygen atoms in total. The molecule has 6 heteroatoms. The van der Waals surface area contributed by atoms with Gasteiger partial charge in [0.15, 0.2) is 0 Å². The monoisotopic (exact) mass is 405 g/mol. The zero-order valence-electron chi connectivity index (χ0n) is 17.3. The van der Waals surface area contributed by atoms with Crippen LogP contribution >= 0.6 is 0 Å². The second-order valence-corrected chi connectivity index (χ2v) is 7.91. The predicted octanol–water partition coefficient (Wildman–Crippen LogP) is 3.37. The summed E-state index contributed by atoms with van der Waals surface area (Å²) >= 11 is 0. The van der Waals surface area contributed by atoms with Gasteiger partial charge in [0.25, 0.3) is 11.8 Å². The summed E-state index contributed by atoms with van der Waals surface area (Å²) in [5.74, 6) is -0.235. The molecule has 1 N–H and O–H groups in total. The molecule has 3 amide bonds. The van der Waals surface area contributed by atoms with Gasteiger partial charge >= 0.3 is 0 Å². The van der Waals surface area contributed by atoms with E-state index >= 15 is 0 Å². The van der Waals surface area contributed by atoms with E-state index in [2.05, 4.69) is 12.2 Å². The van der Waals surface area contributed by atoms with E-state index in [9.17, 15) is 14.4 Å². The van der Waals surface area contributed by atoms with Crippen molar-refractivity contribution in [2.45, 2.75) is 45.2 Å². The molecule has 0 spiro atoms. The van der Waals surface area contributed by atoms with E-state index in [0.29, 0.717) is 42.9 Å². The van der Waals surface area contributed by atoms with Crippen LogP contribution < -0.4 is 10.2 Å². The molecule has 156 valence electrons. The van der Waals surface area contributed by atoms with Gasteiger partial charge in [-0.05, 0) is 49.1 Å². The zero-order valence-corrected chi connectivity index (χ0v) is 17.3. The van der Waals surface area contributed by atoms with Crippen molar-refractivity contribution in [2.75, 3.05) is 18.0 Å². The molecule has 2 aromatic rings. The molecule has 0 saturated carbocycles. The molecule has 0 bridgehead atoms. The number of rotatable bonds is 6. The summed E-state index contributed by atoms with van der Waals surface area (Å²) in [6.45, 7) is 3.67. The molecular weight excluding hydrogens is 378 g/mol. The Labute approximate surface area is 176 Å². The number of para-hydroxylation sites is 1. The maximum absolute atomic E-state index is 13.4. The second kappa shape index (κ2) is 8.69. The molecule has 2 aliphatic heterocycles. The SMILES string of the molecule is CCCCNC(=O)c1cccc(CN2C(=O)[C@@H]3CCCN3C(=O)c3ccccc32)c1. The van der Waals surface area contributed by atoms with E-state index in [1.165, 1.54) is 0 Å². The number of carbonyl (C=O) groups is 3. The molecule has 1 atom stereocenters. The third-order valence-electron chi connectivity index (χ3n) is 5.84. The minimum Gasteiger partial charge on any atom is -0.352 e. The van der Waals surface area contributed by atoms with Gasteiger partial charge in [-0.15, -0.1) is 0 Å². The van der Waals surface area contributed by atoms with Gasteiger partial charge in [0.1, 0.15) is 6.04 Å². The molecular formula is C24H27N3O3. The highest BCUT2D eigenvalue weighted by molar-refractivity contribution is 6.11. The molecule has 0 radical (unpaired) electrons. The van der Waals surface area contributed by atoms with Gasteiger partial charge in [-0.25, -0.2) is 0 Å². The normalized spacial score (nSPS) is 18.1. The van der Waals surface area contributed by atoms with E-state index in [1.807, 2.05) is 36.4 Å². The molecule has 1 saturated heterocycles. The van der Waals surface area contributed by atoms with Crippen molar-refractivity contribution in [3.63, 3.8) is 0 Å². The van der Waals surface area contributed by atoms with Crippen LogP contribution in [0.25, 0.3) is 0 Å². The van der Waals surface area contributed by atoms with Gasteiger partial charge < -0.3 is 15.1 Å². The van der Waals surface area contributed by atoms with E-state index < -0.39 is 6.04 Å². The smallest absolute Gasteiger partial charge is 0.256 e. The number of carbonyl (C=O) groups excluding carboxylic acids is 3. The quantitative estimate of drug-likeness (QED) is 0.749. The summed E-state index contributed by atoms with van der Waals surface area (Å²) < 4.78 is 0. The van der Waals surface area contributed by atoms with Crippen LogP contribution in [0.2, 0.25) is 0 Å². The first kappa shape index (κ1) is 20.1. The van der Waals surface area contributed by atoms with Crippen LogP contribution in [0.15, 0.2) is 48.5 Å². The Morgan fingerprint density at radius 1 is 1.13 bits per heavy atom. The van der Waals surface area contributed by atoms with Crippen molar-refractivity contribution < 1.29 is 14.4 Å². The Morgan fingerprint density at radius 3 is 2.80 bits per heavy atom. The van der Waals surface area contributed by atoms with Crippen LogP contribution in [0.4, 0.5) is 5.69 Å². The first-order valence-corrected chi connectivity index (χ1v) is 10.7. The summed E-state index contributed by atoms with van der Waals surface area (Å²) in [6.07, 6.45) is 3.49. The third-order valence-corrected chi connectivity index (χ3v) is 5.84. The van der Waals surface area contributed by atoms with Gasteiger partial charge in [0.05, 0.1) is 17.8 Å². The molecule has 0 aliphatic carbocycles. The first-order chi connectivity index (χ1) is 14.6. The summed E-state index contributed by atoms with van der Waals surface area (Å²) in [5, 5.41) is 2.93. The van der Waals surface area contributed by atoms with Crippen molar-refractivity contribution in [1.29, 1.82) is 0 Å². The zero-order chi connectivity index (χ0) is 21.1. The Kier molecular flexibility index (Phi) is 5.84. The van der Waals surface area contributed by atoms with E-state index in [0.717, 1.165) is 24.8 Å². The number of nitrogens with zero attached hydrogens (tertiary/aromatic N) is 2. The van der Waals surface area contributed by atoms with Crippen LogP contribution in [0.5, 0.6) is 0 Å². The van der Waals surface area contributed by atoms with Crippen molar-refractivity contribution in [1.82, 2.24) is 10.2 Å². The fraction of sp³-hybridized carbons (Fsp3) is 0.375. The molecule has 2 aromatic carbocycles. The van der Waals surface area contributed by atoms with E-state index in [4.69, 9.17) is 0 Å². The van der Waals surface area contributed by atoms with Crippen molar-refractivity contribution >= 4 is 23.4 Å². The van der Waals surface area contributed by atoms with Crippen molar-refractivity contribution in [3.8, 4) is 0 Å². The van der Waals surface area contributed by atoms with Crippen molar-refractivity contribution in [3.05, 3.63) is 65.2 Å². The number of nitrogens with one attached hydrogen (secondary N) is 1. The Balaban J connectivity index is 1.63. The minimum atomic E-state index is -0.412. The summed E-state index contributed by atoms with van der Waals surface area (Å²) in [5.41, 5.74) is 2.64. The predicted molar refractivity (Wildman–Crippen MR) is 115 cm³/mol. The van der Waals surface area contributed by atoms with Crippen molar-refractivity contribution in [2.24, 2.45) is 0 Å². The number of hydrogen-bond donors (Lipinski definition) is 1. The van der Waals surface area contributed by atoms with Gasteiger partial charge in [0, 0.05) is 18.7 Å². The number of anilines is 1. The van der Waals surface area contributed by atoms with Gasteiger partial charge in [-0.3, -0.25) is 14.4 Å². The Hall–Kier alpha value is -3.15. The van der Waals surface area contributed by atoms with Gasteiger partial charge in [-0.1, -0.05) is 37.6 Å². The highest BCUT2D eigenvalue weighted by Gasteiger charge is 2.41. The molecule has 0 unspecified atom stereocenters. The Bertz CT molecular complexity index is 972. The summed E-state index contributed by atoms with van der Waals surface area (Å²) in [4.78, 5) is 42.3. The Morgan fingerprint density at radius 2 is 1.97 bits per heavy atom. The molecule has 1 fully saturated rings. The number of unbranched alkanes of at least 4 members (excludes halogenated alkanes) is 1. The molecule has 30 heavy (non-hydrogen) atoms. The number of amides is 3. The maximum atomic E-state index is 13.4. The first-order valence-electron chi connectivity index (χ1n) is 10.7. The number of benzene rings is 2. The second-order valence-electron chi connectivity index (χ2n) is 7.91. The van der Waals surface area contributed by atoms with Crippen LogP contribution in [0.3, 0.4) is 0 Å². The van der Waals surface area contributed by atoms with Gasteiger partial charge in [-0.2, -0.15) is 0 Å². The van der Waals surface area contributed by atoms with Crippen LogP contribution in [-0.2, 0) is 11.3 Å². The summed E-state index contributed by atoms with van der Waals surface area (Å²) in [6, 6.07) is 14.2. The van der Waals surface area contributed by atoms with E-state index in [1.54, 1.807) is 21.9 Å². The lowest BCUT2D eigenvalue weighted by molar-refractivity contribution is -0.122. The lowest BCUT2D eigenvalue weighted by Gasteiger charge is -2.26. The maximum Gasteiger partial charge on any atom is 0.256 e. The lowest BCUT2D eigenvalue weighted by atomic mass is 10.1. The van der Waals surface area contributed by atoms with E-state index in [-0.39, 0.29) is 17.7 Å². The largest absolute Gasteiger partial charge is 0.352 e. The average molecular weight is 405 g/mol. The summed E-state index contributed by atoms with van der Waals surface area (Å²) in [7, 11) is 0. The molecule has 2 aliphatic rings. The third kappa shape index (κ3) is 3.82. The van der Waals surface area contributed by atoms with Crippen LogP contribution in [0, 0.1) is 0 Å². The number of fused-ring (bicyclic) bond motifs is 2. The van der Waals surface area contributed by atoms with Crippen LogP contribution in [0.1, 0.15) is 58.9 Å². The molecule has 2 heterocycles. The number of hydrogen-bond acceptors (Lipinski definition) is 3. The fourth-order valence-electron chi connectivity index (χ4n) is 4.25. The topological polar surface area (TPSA) is 69.7 Å². The lowest BCUT2D eigenvalue weighted by Crippen LogP contribution is -2.44. The standard InChI is InChI=1S/C24H27N3O3/c1-2-3-13-25-22(28)18-9-6-8-17(15-18)16-27-20-11-5-4-10-19(20)23(29)26-14-7-12-21(26)24(27)30/h4-6,8-11,15,21H,2-3,7,12-14,16H2,1H3,(H,25,28)/t21-/m0/s1.